The molecule has 2 aromatic carbocycles. The number of carbonyl (C=O) groups is 1. The minimum absolute atomic E-state index is 0.170. The third-order valence-corrected chi connectivity index (χ3v) is 5.77. The second kappa shape index (κ2) is 8.67. The van der Waals surface area contributed by atoms with Gasteiger partial charge in [0.25, 0.3) is 15.9 Å². The lowest BCUT2D eigenvalue weighted by Crippen LogP contribution is -2.30. The Balaban J connectivity index is 2.21. The summed E-state index contributed by atoms with van der Waals surface area (Å²) in [5.74, 6) is -0.187. The Morgan fingerprint density at radius 2 is 1.64 bits per heavy atom. The van der Waals surface area contributed by atoms with Crippen molar-refractivity contribution < 1.29 is 13.2 Å². The van der Waals surface area contributed by atoms with Gasteiger partial charge in [0, 0.05) is 18.7 Å². The van der Waals surface area contributed by atoms with E-state index in [4.69, 9.17) is 0 Å². The van der Waals surface area contributed by atoms with Crippen LogP contribution in [0.2, 0.25) is 0 Å². The van der Waals surface area contributed by atoms with Gasteiger partial charge in [-0.05, 0) is 49.7 Å². The van der Waals surface area contributed by atoms with Crippen LogP contribution in [0.25, 0.3) is 0 Å². The lowest BCUT2D eigenvalue weighted by molar-refractivity contribution is 0.0953. The minimum atomic E-state index is -3.67. The van der Waals surface area contributed by atoms with Crippen LogP contribution in [0, 0.1) is 0 Å². The van der Waals surface area contributed by atoms with Gasteiger partial charge in [-0.25, -0.2) is 8.42 Å². The first-order valence-electron chi connectivity index (χ1n) is 8.46. The van der Waals surface area contributed by atoms with E-state index in [0.29, 0.717) is 24.3 Å². The first kappa shape index (κ1) is 19.0. The van der Waals surface area contributed by atoms with Crippen molar-refractivity contribution in [3.05, 3.63) is 60.2 Å². The molecule has 0 saturated carbocycles. The Bertz CT molecular complexity index is 787. The summed E-state index contributed by atoms with van der Waals surface area (Å²) in [5, 5.41) is 2.82. The zero-order chi connectivity index (χ0) is 18.3. The third-order valence-electron chi connectivity index (χ3n) is 3.85. The summed E-state index contributed by atoms with van der Waals surface area (Å²) in [7, 11) is -3.67. The van der Waals surface area contributed by atoms with Crippen LogP contribution >= 0.6 is 0 Å². The molecule has 0 fully saturated rings. The van der Waals surface area contributed by atoms with Crippen LogP contribution in [0.3, 0.4) is 0 Å². The van der Waals surface area contributed by atoms with Gasteiger partial charge in [0.1, 0.15) is 0 Å². The molecule has 0 atom stereocenters. The smallest absolute Gasteiger partial charge is 0.264 e. The van der Waals surface area contributed by atoms with E-state index in [2.05, 4.69) is 12.2 Å². The van der Waals surface area contributed by atoms with Crippen molar-refractivity contribution in [2.24, 2.45) is 0 Å². The highest BCUT2D eigenvalue weighted by Gasteiger charge is 2.23. The van der Waals surface area contributed by atoms with Crippen LogP contribution in [0.5, 0.6) is 0 Å². The number of unbranched alkanes of at least 4 members (excludes halogenated alkanes) is 1. The van der Waals surface area contributed by atoms with E-state index in [1.54, 1.807) is 43.3 Å². The monoisotopic (exact) mass is 360 g/mol. The Hall–Kier alpha value is -2.34. The van der Waals surface area contributed by atoms with E-state index < -0.39 is 10.0 Å². The predicted molar refractivity (Wildman–Crippen MR) is 100 cm³/mol. The van der Waals surface area contributed by atoms with E-state index in [1.165, 1.54) is 16.4 Å². The second-order valence-electron chi connectivity index (χ2n) is 5.64. The Kier molecular flexibility index (Phi) is 6.58. The maximum absolute atomic E-state index is 12.9. The van der Waals surface area contributed by atoms with Crippen molar-refractivity contribution in [3.63, 3.8) is 0 Å². The summed E-state index contributed by atoms with van der Waals surface area (Å²) in [5.41, 5.74) is 1.07. The number of rotatable bonds is 8. The largest absolute Gasteiger partial charge is 0.352 e. The zero-order valence-electron chi connectivity index (χ0n) is 14.6. The van der Waals surface area contributed by atoms with Gasteiger partial charge in [0.05, 0.1) is 10.6 Å². The molecule has 0 aliphatic carbocycles. The summed E-state index contributed by atoms with van der Waals surface area (Å²) in [6.45, 7) is 4.79. The van der Waals surface area contributed by atoms with Crippen molar-refractivity contribution in [1.29, 1.82) is 0 Å². The maximum atomic E-state index is 12.9. The van der Waals surface area contributed by atoms with Gasteiger partial charge in [-0.3, -0.25) is 9.10 Å². The molecule has 0 aliphatic heterocycles. The number of hydrogen-bond acceptors (Lipinski definition) is 3. The molecule has 1 amide bonds. The fourth-order valence-corrected chi connectivity index (χ4v) is 3.95. The number of carbonyl (C=O) groups excluding carboxylic acids is 1. The fourth-order valence-electron chi connectivity index (χ4n) is 2.47. The van der Waals surface area contributed by atoms with Crippen LogP contribution in [-0.2, 0) is 10.0 Å². The summed E-state index contributed by atoms with van der Waals surface area (Å²) >= 11 is 0. The van der Waals surface area contributed by atoms with Crippen molar-refractivity contribution in [2.45, 2.75) is 31.6 Å². The number of nitrogens with zero attached hydrogens (tertiary/aromatic N) is 1. The zero-order valence-corrected chi connectivity index (χ0v) is 15.4. The Morgan fingerprint density at radius 1 is 1.00 bits per heavy atom. The quantitative estimate of drug-likeness (QED) is 0.734. The van der Waals surface area contributed by atoms with Crippen LogP contribution in [0.1, 0.15) is 37.0 Å². The molecular formula is C19H24N2O3S. The Labute approximate surface area is 149 Å². The molecule has 0 aliphatic rings. The number of anilines is 1. The second-order valence-corrected chi connectivity index (χ2v) is 7.50. The molecule has 0 aromatic heterocycles. The van der Waals surface area contributed by atoms with E-state index in [0.717, 1.165) is 12.8 Å². The van der Waals surface area contributed by atoms with Gasteiger partial charge in [0.2, 0.25) is 0 Å². The molecule has 0 spiro atoms. The van der Waals surface area contributed by atoms with Crippen molar-refractivity contribution in [3.8, 4) is 0 Å². The molecule has 5 nitrogen and oxygen atoms in total. The molecule has 0 heterocycles. The topological polar surface area (TPSA) is 66.5 Å². The molecule has 0 unspecified atom stereocenters. The molecule has 0 saturated heterocycles. The molecule has 0 radical (unpaired) electrons. The van der Waals surface area contributed by atoms with E-state index in [1.807, 2.05) is 6.07 Å². The average molecular weight is 360 g/mol. The van der Waals surface area contributed by atoms with Gasteiger partial charge < -0.3 is 5.32 Å². The third kappa shape index (κ3) is 4.60. The highest BCUT2D eigenvalue weighted by Crippen LogP contribution is 2.23. The molecule has 2 aromatic rings. The number of sulfonamides is 1. The van der Waals surface area contributed by atoms with Crippen LogP contribution in [0.4, 0.5) is 5.69 Å². The van der Waals surface area contributed by atoms with Gasteiger partial charge in [0.15, 0.2) is 0 Å². The molecule has 1 N–H and O–H groups in total. The van der Waals surface area contributed by atoms with Crippen LogP contribution in [0.15, 0.2) is 59.5 Å². The fraction of sp³-hybridized carbons (Fsp3) is 0.316. The molecule has 0 bridgehead atoms. The molecule has 2 rings (SSSR count). The normalized spacial score (nSPS) is 11.1. The first-order valence-corrected chi connectivity index (χ1v) is 9.90. The van der Waals surface area contributed by atoms with Crippen molar-refractivity contribution in [2.75, 3.05) is 17.4 Å². The van der Waals surface area contributed by atoms with Gasteiger partial charge in [-0.15, -0.1) is 0 Å². The van der Waals surface area contributed by atoms with Crippen LogP contribution in [-0.4, -0.2) is 27.4 Å². The average Bonchev–Trinajstić information content (AvgIpc) is 2.63. The summed E-state index contributed by atoms with van der Waals surface area (Å²) in [4.78, 5) is 12.2. The molecule has 25 heavy (non-hydrogen) atoms. The number of nitrogens with one attached hydrogen (secondary N) is 1. The number of para-hydroxylation sites is 1. The van der Waals surface area contributed by atoms with Gasteiger partial charge >= 0.3 is 0 Å². The number of amides is 1. The minimum Gasteiger partial charge on any atom is -0.352 e. The predicted octanol–water partition coefficient (Wildman–Crippen LogP) is 3.43. The Morgan fingerprint density at radius 3 is 2.20 bits per heavy atom. The lowest BCUT2D eigenvalue weighted by Gasteiger charge is -2.23. The standard InChI is InChI=1S/C19H24N2O3S/c1-3-5-15-20-19(22)16-11-13-18(14-12-16)25(23,24)21(4-2)17-9-7-6-8-10-17/h6-14H,3-5,15H2,1-2H3,(H,20,22). The van der Waals surface area contributed by atoms with Gasteiger partial charge in [-0.1, -0.05) is 31.5 Å². The highest BCUT2D eigenvalue weighted by atomic mass is 32.2. The molecular weight excluding hydrogens is 336 g/mol. The van der Waals surface area contributed by atoms with Crippen molar-refractivity contribution >= 4 is 21.6 Å². The maximum Gasteiger partial charge on any atom is 0.264 e. The lowest BCUT2D eigenvalue weighted by atomic mass is 10.2. The highest BCUT2D eigenvalue weighted by molar-refractivity contribution is 7.92. The van der Waals surface area contributed by atoms with E-state index in [-0.39, 0.29) is 10.8 Å². The first-order chi connectivity index (χ1) is 12.0. The van der Waals surface area contributed by atoms with E-state index in [9.17, 15) is 13.2 Å². The SMILES string of the molecule is CCCCNC(=O)c1ccc(S(=O)(=O)N(CC)c2ccccc2)cc1. The van der Waals surface area contributed by atoms with E-state index >= 15 is 0 Å². The number of hydrogen-bond donors (Lipinski definition) is 1. The van der Waals surface area contributed by atoms with Crippen LogP contribution < -0.4 is 9.62 Å². The number of benzene rings is 2. The summed E-state index contributed by atoms with van der Waals surface area (Å²) < 4.78 is 27.1. The molecule has 134 valence electrons. The summed E-state index contributed by atoms with van der Waals surface area (Å²) in [6, 6.07) is 15.0. The summed E-state index contributed by atoms with van der Waals surface area (Å²) in [6.07, 6.45) is 1.92. The van der Waals surface area contributed by atoms with Gasteiger partial charge in [-0.2, -0.15) is 0 Å². The molecule has 6 heteroatoms. The van der Waals surface area contributed by atoms with Crippen molar-refractivity contribution in [1.82, 2.24) is 5.32 Å².